The number of halogens is 1. The minimum Gasteiger partial charge on any atom is -0.507 e. The van der Waals surface area contributed by atoms with Gasteiger partial charge in [0.2, 0.25) is 0 Å². The maximum absolute atomic E-state index is 13.1. The van der Waals surface area contributed by atoms with E-state index < -0.39 is 17.7 Å². The summed E-state index contributed by atoms with van der Waals surface area (Å²) in [6.45, 7) is 2.71. The summed E-state index contributed by atoms with van der Waals surface area (Å²) >= 11 is 5.98. The van der Waals surface area contributed by atoms with Gasteiger partial charge in [-0.1, -0.05) is 54.1 Å². The number of benzene rings is 3. The Labute approximate surface area is 197 Å². The Morgan fingerprint density at radius 2 is 1.73 bits per heavy atom. The summed E-state index contributed by atoms with van der Waals surface area (Å²) in [5.74, 6) is -0.926. The van der Waals surface area contributed by atoms with Crippen LogP contribution in [0.1, 0.15) is 29.7 Å². The van der Waals surface area contributed by atoms with Crippen molar-refractivity contribution < 1.29 is 19.4 Å². The van der Waals surface area contributed by atoms with Crippen molar-refractivity contribution in [1.82, 2.24) is 4.90 Å². The van der Waals surface area contributed by atoms with Crippen LogP contribution < -0.4 is 4.74 Å². The average Bonchev–Trinajstić information content (AvgIpc) is 3.09. The first-order valence-corrected chi connectivity index (χ1v) is 11.2. The maximum Gasteiger partial charge on any atom is 0.295 e. The van der Waals surface area contributed by atoms with Crippen molar-refractivity contribution in [2.75, 3.05) is 13.2 Å². The summed E-state index contributed by atoms with van der Waals surface area (Å²) in [5.41, 5.74) is 2.23. The third-order valence-electron chi connectivity index (χ3n) is 5.63. The quantitative estimate of drug-likeness (QED) is 0.290. The molecule has 4 rings (SSSR count). The summed E-state index contributed by atoms with van der Waals surface area (Å²) in [7, 11) is 0. The van der Waals surface area contributed by atoms with E-state index in [2.05, 4.69) is 0 Å². The predicted octanol–water partition coefficient (Wildman–Crippen LogP) is 5.40. The Kier molecular flexibility index (Phi) is 6.80. The second kappa shape index (κ2) is 9.92. The van der Waals surface area contributed by atoms with Gasteiger partial charge < -0.3 is 14.7 Å². The average molecular weight is 462 g/mol. The number of aliphatic hydroxyl groups excluding tert-OH is 1. The van der Waals surface area contributed by atoms with E-state index in [0.717, 1.165) is 5.56 Å². The van der Waals surface area contributed by atoms with Crippen molar-refractivity contribution in [1.29, 1.82) is 0 Å². The van der Waals surface area contributed by atoms with Gasteiger partial charge in [-0.05, 0) is 60.9 Å². The molecule has 1 saturated heterocycles. The first kappa shape index (κ1) is 22.6. The molecule has 33 heavy (non-hydrogen) atoms. The molecule has 1 atom stereocenters. The number of carbonyl (C=O) groups excluding carboxylic acids is 2. The van der Waals surface area contributed by atoms with Gasteiger partial charge in [-0.2, -0.15) is 0 Å². The van der Waals surface area contributed by atoms with Crippen LogP contribution in [0.3, 0.4) is 0 Å². The van der Waals surface area contributed by atoms with Crippen molar-refractivity contribution in [2.45, 2.75) is 19.4 Å². The molecule has 1 amide bonds. The molecule has 3 aromatic carbocycles. The molecule has 0 bridgehead atoms. The number of hydrogen-bond acceptors (Lipinski definition) is 4. The van der Waals surface area contributed by atoms with Crippen molar-refractivity contribution >= 4 is 29.1 Å². The molecular formula is C27H24ClNO4. The van der Waals surface area contributed by atoms with E-state index in [9.17, 15) is 14.7 Å². The first-order chi connectivity index (χ1) is 16.0. The zero-order valence-electron chi connectivity index (χ0n) is 18.2. The number of rotatable bonds is 7. The van der Waals surface area contributed by atoms with Crippen molar-refractivity contribution in [3.8, 4) is 5.75 Å². The van der Waals surface area contributed by atoms with E-state index in [0.29, 0.717) is 41.5 Å². The Hall–Kier alpha value is -3.57. The molecule has 1 unspecified atom stereocenters. The van der Waals surface area contributed by atoms with Gasteiger partial charge in [-0.25, -0.2) is 0 Å². The fourth-order valence-corrected chi connectivity index (χ4v) is 4.18. The SMILES string of the molecule is CCOc1cccc(C2/C(=C(\O)c3ccc(Cl)cc3)C(=O)C(=O)N2CCc2ccccc2)c1. The number of Topliss-reactive ketones (excluding diaryl/α,β-unsaturated/α-hetero) is 1. The number of ketones is 1. The molecule has 0 spiro atoms. The third-order valence-corrected chi connectivity index (χ3v) is 5.88. The number of carbonyl (C=O) groups is 2. The lowest BCUT2D eigenvalue weighted by Gasteiger charge is -2.25. The van der Waals surface area contributed by atoms with E-state index in [1.807, 2.05) is 61.5 Å². The van der Waals surface area contributed by atoms with E-state index >= 15 is 0 Å². The molecular weight excluding hydrogens is 438 g/mol. The molecule has 0 aromatic heterocycles. The highest BCUT2D eigenvalue weighted by Crippen LogP contribution is 2.40. The number of aliphatic hydroxyl groups is 1. The molecule has 6 heteroatoms. The Balaban J connectivity index is 1.79. The summed E-state index contributed by atoms with van der Waals surface area (Å²) in [5, 5.41) is 11.6. The van der Waals surface area contributed by atoms with E-state index in [4.69, 9.17) is 16.3 Å². The smallest absolute Gasteiger partial charge is 0.295 e. The highest BCUT2D eigenvalue weighted by Gasteiger charge is 2.45. The Morgan fingerprint density at radius 3 is 2.42 bits per heavy atom. The van der Waals surface area contributed by atoms with Gasteiger partial charge >= 0.3 is 0 Å². The second-order valence-electron chi connectivity index (χ2n) is 7.74. The highest BCUT2D eigenvalue weighted by molar-refractivity contribution is 6.46. The lowest BCUT2D eigenvalue weighted by molar-refractivity contribution is -0.139. The van der Waals surface area contributed by atoms with Crippen LogP contribution in [0.5, 0.6) is 5.75 Å². The third kappa shape index (κ3) is 4.78. The monoisotopic (exact) mass is 461 g/mol. The van der Waals surface area contributed by atoms with Crippen molar-refractivity contribution in [2.24, 2.45) is 0 Å². The first-order valence-electron chi connectivity index (χ1n) is 10.8. The van der Waals surface area contributed by atoms with Crippen LogP contribution in [0.25, 0.3) is 5.76 Å². The van der Waals surface area contributed by atoms with Gasteiger partial charge in [0.15, 0.2) is 0 Å². The van der Waals surface area contributed by atoms with Crippen molar-refractivity contribution in [3.63, 3.8) is 0 Å². The van der Waals surface area contributed by atoms with Crippen molar-refractivity contribution in [3.05, 3.63) is 106 Å². The molecule has 1 N–H and O–H groups in total. The number of nitrogens with zero attached hydrogens (tertiary/aromatic N) is 1. The Bertz CT molecular complexity index is 1190. The molecule has 0 saturated carbocycles. The van der Waals surface area contributed by atoms with Gasteiger partial charge in [0.1, 0.15) is 11.5 Å². The molecule has 168 valence electrons. The summed E-state index contributed by atoms with van der Waals surface area (Å²) in [6.07, 6.45) is 0.580. The fraction of sp³-hybridized carbons (Fsp3) is 0.185. The van der Waals surface area contributed by atoms with Gasteiger partial charge in [0.05, 0.1) is 18.2 Å². The standard InChI is InChI=1S/C27H24ClNO4/c1-2-33-22-10-6-9-20(17-22)24-23(25(30)19-11-13-21(28)14-12-19)26(31)27(32)29(24)16-15-18-7-4-3-5-8-18/h3-14,17,24,30H,2,15-16H2,1H3/b25-23+. The zero-order valence-corrected chi connectivity index (χ0v) is 19.0. The van der Waals surface area contributed by atoms with E-state index in [1.54, 1.807) is 24.3 Å². The summed E-state index contributed by atoms with van der Waals surface area (Å²) in [6, 6.07) is 22.8. The van der Waals surface area contributed by atoms with Crippen LogP contribution in [-0.4, -0.2) is 34.8 Å². The predicted molar refractivity (Wildman–Crippen MR) is 128 cm³/mol. The lowest BCUT2D eigenvalue weighted by atomic mass is 9.95. The van der Waals surface area contributed by atoms with Gasteiger partial charge in [0.25, 0.3) is 11.7 Å². The van der Waals surface area contributed by atoms with Gasteiger partial charge in [-0.15, -0.1) is 0 Å². The minimum absolute atomic E-state index is 0.0593. The summed E-state index contributed by atoms with van der Waals surface area (Å²) < 4.78 is 5.64. The van der Waals surface area contributed by atoms with Gasteiger partial charge in [-0.3, -0.25) is 9.59 Å². The van der Waals surface area contributed by atoms with Crippen LogP contribution >= 0.6 is 11.6 Å². The largest absolute Gasteiger partial charge is 0.507 e. The second-order valence-corrected chi connectivity index (χ2v) is 8.18. The van der Waals surface area contributed by atoms with Crippen LogP contribution in [0.2, 0.25) is 5.02 Å². The van der Waals surface area contributed by atoms with Crippen LogP contribution in [0.4, 0.5) is 0 Å². The highest BCUT2D eigenvalue weighted by atomic mass is 35.5. The Morgan fingerprint density at radius 1 is 1.00 bits per heavy atom. The molecule has 1 heterocycles. The molecule has 0 aliphatic carbocycles. The normalized spacial score (nSPS) is 17.4. The lowest BCUT2D eigenvalue weighted by Crippen LogP contribution is -2.31. The maximum atomic E-state index is 13.1. The minimum atomic E-state index is -0.732. The summed E-state index contributed by atoms with van der Waals surface area (Å²) in [4.78, 5) is 27.8. The molecule has 1 aliphatic heterocycles. The topological polar surface area (TPSA) is 66.8 Å². The number of amides is 1. The van der Waals surface area contributed by atoms with E-state index in [1.165, 1.54) is 4.90 Å². The van der Waals surface area contributed by atoms with E-state index in [-0.39, 0.29) is 11.3 Å². The number of ether oxygens (including phenoxy) is 1. The molecule has 0 radical (unpaired) electrons. The number of likely N-dealkylation sites (tertiary alicyclic amines) is 1. The molecule has 3 aromatic rings. The number of hydrogen-bond donors (Lipinski definition) is 1. The molecule has 5 nitrogen and oxygen atoms in total. The fourth-order valence-electron chi connectivity index (χ4n) is 4.06. The molecule has 1 aliphatic rings. The zero-order chi connectivity index (χ0) is 23.4. The van der Waals surface area contributed by atoms with Gasteiger partial charge in [0, 0.05) is 17.1 Å². The van der Waals surface area contributed by atoms with Crippen LogP contribution in [0, 0.1) is 0 Å². The van der Waals surface area contributed by atoms with Crippen LogP contribution in [0.15, 0.2) is 84.4 Å². The molecule has 1 fully saturated rings. The van der Waals surface area contributed by atoms with Crippen LogP contribution in [-0.2, 0) is 16.0 Å².